The second-order valence-corrected chi connectivity index (χ2v) is 5.13. The highest BCUT2D eigenvalue weighted by molar-refractivity contribution is 7.95. The molecule has 2 rings (SSSR count). The number of nitrogens with zero attached hydrogens (tertiary/aromatic N) is 1. The summed E-state index contributed by atoms with van der Waals surface area (Å²) in [6.45, 7) is 8.18. The summed E-state index contributed by atoms with van der Waals surface area (Å²) < 4.78 is 6.82. The third kappa shape index (κ3) is 2.01. The molecule has 2 aliphatic heterocycles. The quantitative estimate of drug-likeness (QED) is 0.619. The molecule has 0 bridgehead atoms. The van der Waals surface area contributed by atoms with E-state index in [0.29, 0.717) is 11.6 Å². The van der Waals surface area contributed by atoms with Gasteiger partial charge in [0.15, 0.2) is 0 Å². The molecule has 2 N–H and O–H groups in total. The number of likely N-dealkylation sites (tertiary alicyclic amines) is 1. The van der Waals surface area contributed by atoms with Gasteiger partial charge < -0.3 is 4.90 Å². The summed E-state index contributed by atoms with van der Waals surface area (Å²) in [6.07, 6.45) is 2.57. The molecule has 2 heterocycles. The molecule has 2 aliphatic rings. The number of rotatable bonds is 1. The normalized spacial score (nSPS) is 28.8. The Kier molecular flexibility index (Phi) is 2.83. The maximum absolute atomic E-state index is 3.51. The Hall–Kier alpha value is 0.230. The van der Waals surface area contributed by atoms with Crippen molar-refractivity contribution in [3.05, 3.63) is 0 Å². The fourth-order valence-electron chi connectivity index (χ4n) is 2.10. The number of hydrogen-bond acceptors (Lipinski definition) is 4. The monoisotopic (exact) mass is 201 g/mol. The Morgan fingerprint density at radius 2 is 2.00 bits per heavy atom. The van der Waals surface area contributed by atoms with Crippen LogP contribution in [0.5, 0.6) is 0 Å². The molecule has 0 aromatic rings. The molecule has 0 aliphatic carbocycles. The van der Waals surface area contributed by atoms with E-state index in [1.165, 1.54) is 25.9 Å². The number of piperidine rings is 1. The Labute approximate surface area is 84.9 Å². The highest BCUT2D eigenvalue weighted by Crippen LogP contribution is 2.28. The van der Waals surface area contributed by atoms with Crippen molar-refractivity contribution in [1.82, 2.24) is 14.3 Å². The number of nitrogens with one attached hydrogen (secondary N) is 2. The molecule has 2 saturated heterocycles. The molecule has 76 valence electrons. The average Bonchev–Trinajstić information content (AvgIpc) is 2.54. The van der Waals surface area contributed by atoms with Crippen molar-refractivity contribution in [2.45, 2.75) is 38.3 Å². The van der Waals surface area contributed by atoms with Crippen LogP contribution in [0.3, 0.4) is 0 Å². The molecular formula is C9H19N3S. The zero-order valence-electron chi connectivity index (χ0n) is 8.47. The van der Waals surface area contributed by atoms with Crippen LogP contribution < -0.4 is 9.44 Å². The van der Waals surface area contributed by atoms with Gasteiger partial charge in [-0.05, 0) is 26.7 Å². The molecule has 0 saturated carbocycles. The minimum Gasteiger partial charge on any atom is -0.301 e. The first-order valence-electron chi connectivity index (χ1n) is 5.12. The van der Waals surface area contributed by atoms with Crippen LogP contribution in [0.2, 0.25) is 0 Å². The van der Waals surface area contributed by atoms with Crippen molar-refractivity contribution in [3.63, 3.8) is 0 Å². The summed E-state index contributed by atoms with van der Waals surface area (Å²) in [7, 11) is 0. The van der Waals surface area contributed by atoms with Gasteiger partial charge in [0, 0.05) is 43.3 Å². The van der Waals surface area contributed by atoms with Gasteiger partial charge in [-0.3, -0.25) is 0 Å². The van der Waals surface area contributed by atoms with E-state index in [0.717, 1.165) is 6.54 Å². The second-order valence-electron chi connectivity index (χ2n) is 4.44. The molecule has 1 spiro atoms. The van der Waals surface area contributed by atoms with Gasteiger partial charge in [-0.1, -0.05) is 0 Å². The van der Waals surface area contributed by atoms with Crippen LogP contribution in [-0.4, -0.2) is 36.1 Å². The highest BCUT2D eigenvalue weighted by Gasteiger charge is 2.37. The summed E-state index contributed by atoms with van der Waals surface area (Å²) in [4.78, 5) is 2.57. The molecule has 13 heavy (non-hydrogen) atoms. The summed E-state index contributed by atoms with van der Waals surface area (Å²) in [5.41, 5.74) is 0.399. The standard InChI is InChI=1S/C9H19N3S/c1-8(2)12-5-3-9(4-6-12)7-10-13-11-9/h8,10-11H,3-7H2,1-2H3. The predicted molar refractivity (Wildman–Crippen MR) is 57.4 cm³/mol. The topological polar surface area (TPSA) is 27.3 Å². The lowest BCUT2D eigenvalue weighted by atomic mass is 9.88. The fourth-order valence-corrected chi connectivity index (χ4v) is 3.02. The van der Waals surface area contributed by atoms with Crippen molar-refractivity contribution in [3.8, 4) is 0 Å². The van der Waals surface area contributed by atoms with Crippen LogP contribution in [0.4, 0.5) is 0 Å². The molecule has 2 fully saturated rings. The third-order valence-electron chi connectivity index (χ3n) is 3.24. The molecule has 0 radical (unpaired) electrons. The van der Waals surface area contributed by atoms with Gasteiger partial charge in [0.2, 0.25) is 0 Å². The Morgan fingerprint density at radius 3 is 2.46 bits per heavy atom. The van der Waals surface area contributed by atoms with Crippen LogP contribution in [0.25, 0.3) is 0 Å². The van der Waals surface area contributed by atoms with Gasteiger partial charge in [-0.15, -0.1) is 0 Å². The van der Waals surface area contributed by atoms with Crippen LogP contribution >= 0.6 is 12.1 Å². The summed E-state index contributed by atoms with van der Waals surface area (Å²) >= 11 is 1.67. The van der Waals surface area contributed by atoms with Crippen molar-refractivity contribution < 1.29 is 0 Å². The van der Waals surface area contributed by atoms with E-state index in [2.05, 4.69) is 28.2 Å². The van der Waals surface area contributed by atoms with Crippen molar-refractivity contribution >= 4 is 12.1 Å². The van der Waals surface area contributed by atoms with Gasteiger partial charge in [-0.25, -0.2) is 9.44 Å². The minimum absolute atomic E-state index is 0.399. The van der Waals surface area contributed by atoms with Crippen LogP contribution in [0, 0.1) is 0 Å². The molecule has 4 heteroatoms. The summed E-state index contributed by atoms with van der Waals surface area (Å²) in [5.74, 6) is 0. The van der Waals surface area contributed by atoms with E-state index < -0.39 is 0 Å². The van der Waals surface area contributed by atoms with Crippen LogP contribution in [0.15, 0.2) is 0 Å². The first kappa shape index (κ1) is 9.77. The van der Waals surface area contributed by atoms with Gasteiger partial charge >= 0.3 is 0 Å². The van der Waals surface area contributed by atoms with Gasteiger partial charge in [-0.2, -0.15) is 0 Å². The largest absolute Gasteiger partial charge is 0.301 e. The molecule has 0 aromatic carbocycles. The second kappa shape index (κ2) is 3.77. The average molecular weight is 201 g/mol. The highest BCUT2D eigenvalue weighted by atomic mass is 32.2. The van der Waals surface area contributed by atoms with E-state index in [1.54, 1.807) is 12.1 Å². The van der Waals surface area contributed by atoms with Crippen molar-refractivity contribution in [2.75, 3.05) is 19.6 Å². The summed E-state index contributed by atoms with van der Waals surface area (Å²) in [5, 5.41) is 0. The van der Waals surface area contributed by atoms with E-state index >= 15 is 0 Å². The maximum atomic E-state index is 3.51. The van der Waals surface area contributed by atoms with Gasteiger partial charge in [0.05, 0.1) is 0 Å². The first-order valence-corrected chi connectivity index (χ1v) is 5.93. The van der Waals surface area contributed by atoms with Crippen LogP contribution in [0.1, 0.15) is 26.7 Å². The predicted octanol–water partition coefficient (Wildman–Crippen LogP) is 0.985. The van der Waals surface area contributed by atoms with Crippen molar-refractivity contribution in [1.29, 1.82) is 0 Å². The molecule has 0 atom stereocenters. The third-order valence-corrected chi connectivity index (χ3v) is 4.06. The van der Waals surface area contributed by atoms with Gasteiger partial charge in [0.25, 0.3) is 0 Å². The van der Waals surface area contributed by atoms with Crippen LogP contribution in [-0.2, 0) is 0 Å². The fraction of sp³-hybridized carbons (Fsp3) is 1.00. The van der Waals surface area contributed by atoms with Gasteiger partial charge in [0.1, 0.15) is 0 Å². The first-order chi connectivity index (χ1) is 6.22. The minimum atomic E-state index is 0.399. The van der Waals surface area contributed by atoms with E-state index in [4.69, 9.17) is 0 Å². The molecule has 0 aromatic heterocycles. The SMILES string of the molecule is CC(C)N1CCC2(CC1)CNSN2. The Bertz CT molecular complexity index is 168. The maximum Gasteiger partial charge on any atom is 0.0453 e. The molecule has 0 amide bonds. The molecule has 0 unspecified atom stereocenters. The summed E-state index contributed by atoms with van der Waals surface area (Å²) in [6, 6.07) is 0.708. The lowest BCUT2D eigenvalue weighted by molar-refractivity contribution is 0.131. The lowest BCUT2D eigenvalue weighted by Gasteiger charge is -2.40. The zero-order valence-corrected chi connectivity index (χ0v) is 9.28. The Balaban J connectivity index is 1.88. The lowest BCUT2D eigenvalue weighted by Crippen LogP contribution is -2.52. The van der Waals surface area contributed by atoms with E-state index in [-0.39, 0.29) is 0 Å². The zero-order chi connectivity index (χ0) is 9.31. The van der Waals surface area contributed by atoms with E-state index in [9.17, 15) is 0 Å². The Morgan fingerprint density at radius 1 is 1.31 bits per heavy atom. The number of hydrogen-bond donors (Lipinski definition) is 2. The van der Waals surface area contributed by atoms with E-state index in [1.807, 2.05) is 0 Å². The smallest absolute Gasteiger partial charge is 0.0453 e. The molecule has 3 nitrogen and oxygen atoms in total. The molecular weight excluding hydrogens is 182 g/mol. The van der Waals surface area contributed by atoms with Crippen molar-refractivity contribution in [2.24, 2.45) is 0 Å².